The third-order valence-electron chi connectivity index (χ3n) is 3.15. The Bertz CT molecular complexity index is 723. The van der Waals surface area contributed by atoms with Gasteiger partial charge in [0.2, 0.25) is 0 Å². The fourth-order valence-corrected chi connectivity index (χ4v) is 2.25. The van der Waals surface area contributed by atoms with Crippen molar-refractivity contribution in [2.45, 2.75) is 0 Å². The van der Waals surface area contributed by atoms with Crippen molar-refractivity contribution in [3.05, 3.63) is 60.7 Å². The van der Waals surface area contributed by atoms with Crippen LogP contribution in [-0.4, -0.2) is 17.1 Å². The highest BCUT2D eigenvalue weighted by molar-refractivity contribution is 5.85. The first-order chi connectivity index (χ1) is 9.81. The van der Waals surface area contributed by atoms with E-state index in [4.69, 9.17) is 4.74 Å². The monoisotopic (exact) mass is 268 g/mol. The zero-order valence-corrected chi connectivity index (χ0v) is 10.9. The molecule has 0 spiro atoms. The second-order valence-corrected chi connectivity index (χ2v) is 4.30. The van der Waals surface area contributed by atoms with Crippen LogP contribution in [0.15, 0.2) is 54.9 Å². The molecule has 0 amide bonds. The third kappa shape index (κ3) is 2.05. The fourth-order valence-electron chi connectivity index (χ4n) is 2.25. The molecule has 0 bridgehead atoms. The van der Waals surface area contributed by atoms with Crippen molar-refractivity contribution in [2.75, 3.05) is 7.11 Å². The third-order valence-corrected chi connectivity index (χ3v) is 3.15. The maximum atomic E-state index is 14.1. The average Bonchev–Trinajstić information content (AvgIpc) is 3.01. The van der Waals surface area contributed by atoms with E-state index in [1.165, 1.54) is 6.07 Å². The van der Waals surface area contributed by atoms with Crippen LogP contribution >= 0.6 is 0 Å². The van der Waals surface area contributed by atoms with Gasteiger partial charge in [0.05, 0.1) is 12.7 Å². The van der Waals surface area contributed by atoms with Crippen molar-refractivity contribution in [3.8, 4) is 28.3 Å². The zero-order valence-electron chi connectivity index (χ0n) is 10.9. The van der Waals surface area contributed by atoms with Crippen LogP contribution in [0.4, 0.5) is 4.39 Å². The minimum absolute atomic E-state index is 0.270. The van der Waals surface area contributed by atoms with Crippen molar-refractivity contribution in [1.29, 1.82) is 0 Å². The number of benzene rings is 2. The maximum Gasteiger partial charge on any atom is 0.141 e. The molecule has 1 aromatic heterocycles. The van der Waals surface area contributed by atoms with E-state index < -0.39 is 0 Å². The highest BCUT2D eigenvalue weighted by Crippen LogP contribution is 2.38. The largest absolute Gasteiger partial charge is 0.496 e. The van der Waals surface area contributed by atoms with Gasteiger partial charge in [0.1, 0.15) is 17.4 Å². The van der Waals surface area contributed by atoms with Gasteiger partial charge in [-0.15, -0.1) is 0 Å². The molecule has 0 aliphatic carbocycles. The van der Waals surface area contributed by atoms with Crippen molar-refractivity contribution >= 4 is 0 Å². The number of hydrogen-bond donors (Lipinski definition) is 1. The summed E-state index contributed by atoms with van der Waals surface area (Å²) in [6.07, 6.45) is 3.39. The maximum absolute atomic E-state index is 14.1. The highest BCUT2D eigenvalue weighted by atomic mass is 19.1. The molecule has 20 heavy (non-hydrogen) atoms. The number of imidazole rings is 1. The summed E-state index contributed by atoms with van der Waals surface area (Å²) in [5, 5.41) is 0. The molecule has 2 aromatic carbocycles. The number of aromatic nitrogens is 2. The Hall–Kier alpha value is -2.62. The molecule has 3 nitrogen and oxygen atoms in total. The van der Waals surface area contributed by atoms with Crippen molar-refractivity contribution < 1.29 is 9.13 Å². The van der Waals surface area contributed by atoms with E-state index in [-0.39, 0.29) is 5.82 Å². The molecule has 0 radical (unpaired) electrons. The number of nitrogens with one attached hydrogen (secondary N) is 1. The molecule has 0 aliphatic heterocycles. The van der Waals surface area contributed by atoms with E-state index in [0.29, 0.717) is 17.1 Å². The van der Waals surface area contributed by atoms with E-state index in [1.54, 1.807) is 31.6 Å². The number of aromatic amines is 1. The summed E-state index contributed by atoms with van der Waals surface area (Å²) in [5.41, 5.74) is 2.03. The lowest BCUT2D eigenvalue weighted by molar-refractivity contribution is 0.416. The molecule has 100 valence electrons. The van der Waals surface area contributed by atoms with Gasteiger partial charge >= 0.3 is 0 Å². The fraction of sp³-hybridized carbons (Fsp3) is 0.0625. The Morgan fingerprint density at radius 2 is 1.85 bits per heavy atom. The quantitative estimate of drug-likeness (QED) is 0.782. The lowest BCUT2D eigenvalue weighted by Gasteiger charge is -2.13. The summed E-state index contributed by atoms with van der Waals surface area (Å²) >= 11 is 0. The van der Waals surface area contributed by atoms with Crippen molar-refractivity contribution in [1.82, 2.24) is 9.97 Å². The minimum Gasteiger partial charge on any atom is -0.496 e. The van der Waals surface area contributed by atoms with Crippen LogP contribution in [0.1, 0.15) is 0 Å². The van der Waals surface area contributed by atoms with Crippen molar-refractivity contribution in [3.63, 3.8) is 0 Å². The highest BCUT2D eigenvalue weighted by Gasteiger charge is 2.16. The second-order valence-electron chi connectivity index (χ2n) is 4.30. The average molecular weight is 268 g/mol. The Kier molecular flexibility index (Phi) is 3.21. The summed E-state index contributed by atoms with van der Waals surface area (Å²) in [5.74, 6) is 1.04. The predicted molar refractivity (Wildman–Crippen MR) is 76.0 cm³/mol. The summed E-state index contributed by atoms with van der Waals surface area (Å²) in [6.45, 7) is 0. The Labute approximate surface area is 116 Å². The first-order valence-corrected chi connectivity index (χ1v) is 6.23. The van der Waals surface area contributed by atoms with Crippen LogP contribution in [0.3, 0.4) is 0 Å². The molecular weight excluding hydrogens is 255 g/mol. The molecule has 4 heteroatoms. The lowest BCUT2D eigenvalue weighted by Crippen LogP contribution is -1.94. The van der Waals surface area contributed by atoms with Gasteiger partial charge in [-0.3, -0.25) is 0 Å². The van der Waals surface area contributed by atoms with Crippen LogP contribution in [0, 0.1) is 5.82 Å². The SMILES string of the molecule is COc1cccc(-c2ccccc2F)c1-c1ncc[nH]1. The van der Waals surface area contributed by atoms with Crippen LogP contribution in [0.25, 0.3) is 22.5 Å². The number of halogens is 1. The van der Waals surface area contributed by atoms with Gasteiger partial charge in [-0.1, -0.05) is 30.3 Å². The van der Waals surface area contributed by atoms with E-state index in [1.807, 2.05) is 24.3 Å². The van der Waals surface area contributed by atoms with Gasteiger partial charge in [-0.2, -0.15) is 0 Å². The molecule has 1 N–H and O–H groups in total. The molecular formula is C16H13FN2O. The van der Waals surface area contributed by atoms with E-state index in [2.05, 4.69) is 9.97 Å². The van der Waals surface area contributed by atoms with Crippen LogP contribution in [0.2, 0.25) is 0 Å². The zero-order chi connectivity index (χ0) is 13.9. The standard InChI is InChI=1S/C16H13FN2O/c1-20-14-8-4-6-12(11-5-2-3-7-13(11)17)15(14)16-18-9-10-19-16/h2-10H,1H3,(H,18,19). The Balaban J connectivity index is 2.29. The summed E-state index contributed by atoms with van der Waals surface area (Å²) in [7, 11) is 1.59. The van der Waals surface area contributed by atoms with Crippen LogP contribution in [0.5, 0.6) is 5.75 Å². The number of nitrogens with zero attached hydrogens (tertiary/aromatic N) is 1. The van der Waals surface area contributed by atoms with Crippen LogP contribution in [-0.2, 0) is 0 Å². The molecule has 3 aromatic rings. The molecule has 0 atom stereocenters. The lowest BCUT2D eigenvalue weighted by atomic mass is 9.98. The summed E-state index contributed by atoms with van der Waals surface area (Å²) < 4.78 is 19.4. The van der Waals surface area contributed by atoms with Gasteiger partial charge < -0.3 is 9.72 Å². The van der Waals surface area contributed by atoms with E-state index >= 15 is 0 Å². The van der Waals surface area contributed by atoms with Gasteiger partial charge in [-0.25, -0.2) is 9.37 Å². The number of H-pyrrole nitrogens is 1. The summed E-state index contributed by atoms with van der Waals surface area (Å²) in [4.78, 5) is 7.30. The van der Waals surface area contributed by atoms with Crippen molar-refractivity contribution in [2.24, 2.45) is 0 Å². The van der Waals surface area contributed by atoms with E-state index in [0.717, 1.165) is 11.1 Å². The topological polar surface area (TPSA) is 37.9 Å². The van der Waals surface area contributed by atoms with Crippen LogP contribution < -0.4 is 4.74 Å². The van der Waals surface area contributed by atoms with Gasteiger partial charge in [0.15, 0.2) is 0 Å². The summed E-state index contributed by atoms with van der Waals surface area (Å²) in [6, 6.07) is 12.2. The molecule has 0 saturated heterocycles. The minimum atomic E-state index is -0.270. The number of hydrogen-bond acceptors (Lipinski definition) is 2. The Morgan fingerprint density at radius 3 is 2.55 bits per heavy atom. The van der Waals surface area contributed by atoms with Gasteiger partial charge in [0, 0.05) is 18.0 Å². The molecule has 0 fully saturated rings. The molecule has 3 rings (SSSR count). The first-order valence-electron chi connectivity index (χ1n) is 6.23. The number of ether oxygens (including phenoxy) is 1. The van der Waals surface area contributed by atoms with Gasteiger partial charge in [0.25, 0.3) is 0 Å². The number of rotatable bonds is 3. The van der Waals surface area contributed by atoms with Gasteiger partial charge in [-0.05, 0) is 17.7 Å². The molecule has 0 unspecified atom stereocenters. The normalized spacial score (nSPS) is 10.5. The molecule has 1 heterocycles. The Morgan fingerprint density at radius 1 is 1.05 bits per heavy atom. The smallest absolute Gasteiger partial charge is 0.141 e. The second kappa shape index (κ2) is 5.17. The number of methoxy groups -OCH3 is 1. The molecule has 0 aliphatic rings. The predicted octanol–water partition coefficient (Wildman–Crippen LogP) is 3.89. The van der Waals surface area contributed by atoms with E-state index in [9.17, 15) is 4.39 Å². The first kappa shape index (κ1) is 12.4. The molecule has 0 saturated carbocycles.